The van der Waals surface area contributed by atoms with Crippen LogP contribution in [0.5, 0.6) is 0 Å². The van der Waals surface area contributed by atoms with E-state index in [1.807, 2.05) is 0 Å². The SMILES string of the molecule is Nc1c(F)cc(C=O)cc1C(F)(F)F. The Labute approximate surface area is 76.3 Å². The molecule has 0 heterocycles. The predicted molar refractivity (Wildman–Crippen MR) is 41.2 cm³/mol. The van der Waals surface area contributed by atoms with Gasteiger partial charge in [0.15, 0.2) is 0 Å². The van der Waals surface area contributed by atoms with Gasteiger partial charge in [0, 0.05) is 5.56 Å². The van der Waals surface area contributed by atoms with Gasteiger partial charge in [-0.1, -0.05) is 0 Å². The second-order valence-electron chi connectivity index (χ2n) is 2.58. The van der Waals surface area contributed by atoms with Crippen LogP contribution in [0.15, 0.2) is 12.1 Å². The minimum absolute atomic E-state index is 0.123. The van der Waals surface area contributed by atoms with Crippen molar-refractivity contribution in [1.82, 2.24) is 0 Å². The third kappa shape index (κ3) is 1.84. The molecule has 0 unspecified atom stereocenters. The monoisotopic (exact) mass is 207 g/mol. The van der Waals surface area contributed by atoms with Gasteiger partial charge in [-0.25, -0.2) is 4.39 Å². The van der Waals surface area contributed by atoms with E-state index in [0.717, 1.165) is 0 Å². The van der Waals surface area contributed by atoms with Crippen LogP contribution in [0.4, 0.5) is 23.2 Å². The van der Waals surface area contributed by atoms with Gasteiger partial charge in [0.05, 0.1) is 11.3 Å². The average molecular weight is 207 g/mol. The summed E-state index contributed by atoms with van der Waals surface area (Å²) < 4.78 is 49.3. The Bertz CT molecular complexity index is 372. The number of benzene rings is 1. The van der Waals surface area contributed by atoms with Crippen molar-refractivity contribution in [2.24, 2.45) is 0 Å². The summed E-state index contributed by atoms with van der Waals surface area (Å²) in [4.78, 5) is 10.2. The molecule has 2 nitrogen and oxygen atoms in total. The van der Waals surface area contributed by atoms with Gasteiger partial charge in [0.2, 0.25) is 0 Å². The highest BCUT2D eigenvalue weighted by Crippen LogP contribution is 2.35. The number of rotatable bonds is 1. The van der Waals surface area contributed by atoms with Crippen molar-refractivity contribution in [1.29, 1.82) is 0 Å². The minimum atomic E-state index is -4.76. The molecule has 0 saturated heterocycles. The van der Waals surface area contributed by atoms with Crippen molar-refractivity contribution in [3.63, 3.8) is 0 Å². The highest BCUT2D eigenvalue weighted by molar-refractivity contribution is 5.77. The molecule has 0 spiro atoms. The van der Waals surface area contributed by atoms with Gasteiger partial charge in [-0.2, -0.15) is 13.2 Å². The number of carbonyl (C=O) groups is 1. The molecule has 0 bridgehead atoms. The highest BCUT2D eigenvalue weighted by atomic mass is 19.4. The van der Waals surface area contributed by atoms with Crippen LogP contribution < -0.4 is 5.73 Å². The maximum atomic E-state index is 12.8. The van der Waals surface area contributed by atoms with E-state index in [1.54, 1.807) is 0 Å². The Morgan fingerprint density at radius 1 is 1.29 bits per heavy atom. The summed E-state index contributed by atoms with van der Waals surface area (Å²) in [7, 11) is 0. The normalized spacial score (nSPS) is 11.4. The lowest BCUT2D eigenvalue weighted by Crippen LogP contribution is -2.11. The molecule has 0 aliphatic carbocycles. The van der Waals surface area contributed by atoms with Crippen LogP contribution in [-0.4, -0.2) is 6.29 Å². The standard InChI is InChI=1S/C8H5F4NO/c9-6-2-4(3-14)1-5(7(6)13)8(10,11)12/h1-3H,13H2. The average Bonchev–Trinajstić information content (AvgIpc) is 2.07. The second-order valence-corrected chi connectivity index (χ2v) is 2.58. The first kappa shape index (κ1) is 10.5. The Morgan fingerprint density at radius 2 is 1.86 bits per heavy atom. The summed E-state index contributed by atoms with van der Waals surface area (Å²) in [5.74, 6) is -1.25. The smallest absolute Gasteiger partial charge is 0.396 e. The fraction of sp³-hybridized carbons (Fsp3) is 0.125. The zero-order chi connectivity index (χ0) is 10.9. The quantitative estimate of drug-likeness (QED) is 0.436. The zero-order valence-corrected chi connectivity index (χ0v) is 6.73. The van der Waals surface area contributed by atoms with Crippen molar-refractivity contribution in [2.45, 2.75) is 6.18 Å². The fourth-order valence-corrected chi connectivity index (χ4v) is 0.941. The van der Waals surface area contributed by atoms with Crippen molar-refractivity contribution in [2.75, 3.05) is 5.73 Å². The van der Waals surface area contributed by atoms with E-state index in [0.29, 0.717) is 12.1 Å². The zero-order valence-electron chi connectivity index (χ0n) is 6.73. The summed E-state index contributed by atoms with van der Waals surface area (Å²) in [6.45, 7) is 0. The first-order valence-electron chi connectivity index (χ1n) is 3.47. The maximum Gasteiger partial charge on any atom is 0.418 e. The Morgan fingerprint density at radius 3 is 2.29 bits per heavy atom. The molecule has 14 heavy (non-hydrogen) atoms. The molecule has 0 aliphatic heterocycles. The van der Waals surface area contributed by atoms with E-state index in [9.17, 15) is 22.4 Å². The van der Waals surface area contributed by atoms with Crippen LogP contribution in [0, 0.1) is 5.82 Å². The van der Waals surface area contributed by atoms with Crippen LogP contribution in [-0.2, 0) is 6.18 Å². The van der Waals surface area contributed by atoms with E-state index in [2.05, 4.69) is 0 Å². The Kier molecular flexibility index (Phi) is 2.46. The topological polar surface area (TPSA) is 43.1 Å². The molecule has 6 heteroatoms. The fourth-order valence-electron chi connectivity index (χ4n) is 0.941. The van der Waals surface area contributed by atoms with Gasteiger partial charge < -0.3 is 5.73 Å². The Hall–Kier alpha value is -1.59. The number of carbonyl (C=O) groups excluding carboxylic acids is 1. The number of halogens is 4. The van der Waals surface area contributed by atoms with Gasteiger partial charge >= 0.3 is 6.18 Å². The lowest BCUT2D eigenvalue weighted by molar-refractivity contribution is -0.137. The predicted octanol–water partition coefficient (Wildman–Crippen LogP) is 2.24. The molecular weight excluding hydrogens is 202 g/mol. The molecule has 1 aromatic rings. The summed E-state index contributed by atoms with van der Waals surface area (Å²) in [5.41, 5.74) is 2.15. The molecule has 0 amide bonds. The summed E-state index contributed by atoms with van der Waals surface area (Å²) in [5, 5.41) is 0. The van der Waals surface area contributed by atoms with E-state index < -0.39 is 28.8 Å². The largest absolute Gasteiger partial charge is 0.418 e. The summed E-state index contributed by atoms with van der Waals surface area (Å²) >= 11 is 0. The van der Waals surface area contributed by atoms with Gasteiger partial charge in [-0.05, 0) is 12.1 Å². The second kappa shape index (κ2) is 3.28. The van der Waals surface area contributed by atoms with Crippen LogP contribution >= 0.6 is 0 Å². The van der Waals surface area contributed by atoms with E-state index in [1.165, 1.54) is 0 Å². The lowest BCUT2D eigenvalue weighted by atomic mass is 10.1. The maximum absolute atomic E-state index is 12.8. The van der Waals surface area contributed by atoms with Gasteiger partial charge in [-0.3, -0.25) is 4.79 Å². The first-order chi connectivity index (χ1) is 6.36. The molecule has 2 N–H and O–H groups in total. The van der Waals surface area contributed by atoms with E-state index >= 15 is 0 Å². The summed E-state index contributed by atoms with van der Waals surface area (Å²) in [6.07, 6.45) is -4.64. The van der Waals surface area contributed by atoms with Crippen LogP contribution in [0.1, 0.15) is 15.9 Å². The van der Waals surface area contributed by atoms with Gasteiger partial charge in [0.25, 0.3) is 0 Å². The molecule has 0 atom stereocenters. The number of hydrogen-bond acceptors (Lipinski definition) is 2. The Balaban J connectivity index is 3.42. The first-order valence-corrected chi connectivity index (χ1v) is 3.47. The van der Waals surface area contributed by atoms with Crippen LogP contribution in [0.3, 0.4) is 0 Å². The van der Waals surface area contributed by atoms with Crippen molar-refractivity contribution < 1.29 is 22.4 Å². The van der Waals surface area contributed by atoms with Gasteiger partial charge in [0.1, 0.15) is 12.1 Å². The van der Waals surface area contributed by atoms with Crippen molar-refractivity contribution >= 4 is 12.0 Å². The lowest BCUT2D eigenvalue weighted by Gasteiger charge is -2.10. The van der Waals surface area contributed by atoms with Crippen molar-refractivity contribution in [3.05, 3.63) is 29.1 Å². The molecule has 0 radical (unpaired) electrons. The molecule has 1 rings (SSSR count). The molecule has 0 aliphatic rings. The van der Waals surface area contributed by atoms with E-state index in [-0.39, 0.29) is 6.29 Å². The summed E-state index contributed by atoms with van der Waals surface area (Å²) in [6, 6.07) is 1.16. The molecular formula is C8H5F4NO. The number of anilines is 1. The number of nitrogen functional groups attached to an aromatic ring is 1. The number of aldehydes is 1. The highest BCUT2D eigenvalue weighted by Gasteiger charge is 2.34. The molecule has 0 fully saturated rings. The molecule has 0 saturated carbocycles. The van der Waals surface area contributed by atoms with E-state index in [4.69, 9.17) is 5.73 Å². The van der Waals surface area contributed by atoms with Crippen LogP contribution in [0.25, 0.3) is 0 Å². The number of hydrogen-bond donors (Lipinski definition) is 1. The third-order valence-electron chi connectivity index (χ3n) is 1.59. The molecule has 0 aromatic heterocycles. The van der Waals surface area contributed by atoms with Gasteiger partial charge in [-0.15, -0.1) is 0 Å². The minimum Gasteiger partial charge on any atom is -0.396 e. The number of alkyl halides is 3. The molecule has 76 valence electrons. The van der Waals surface area contributed by atoms with Crippen LogP contribution in [0.2, 0.25) is 0 Å². The van der Waals surface area contributed by atoms with Crippen molar-refractivity contribution in [3.8, 4) is 0 Å². The molecule has 1 aromatic carbocycles. The third-order valence-corrected chi connectivity index (χ3v) is 1.59. The number of nitrogens with two attached hydrogens (primary N) is 1.